The summed E-state index contributed by atoms with van der Waals surface area (Å²) in [7, 11) is 0. The number of hydrogen-bond acceptors (Lipinski definition) is 3. The van der Waals surface area contributed by atoms with Crippen LogP contribution in [0.25, 0.3) is 0 Å². The first-order valence-electron chi connectivity index (χ1n) is 8.14. The van der Waals surface area contributed by atoms with Gasteiger partial charge >= 0.3 is 0 Å². The van der Waals surface area contributed by atoms with E-state index in [1.165, 1.54) is 5.69 Å². The first-order valence-corrected chi connectivity index (χ1v) is 8.14. The van der Waals surface area contributed by atoms with Gasteiger partial charge in [-0.1, -0.05) is 18.2 Å². The highest BCUT2D eigenvalue weighted by atomic mass is 19.3. The van der Waals surface area contributed by atoms with Crippen LogP contribution in [0.3, 0.4) is 0 Å². The molecule has 0 amide bonds. The minimum Gasteiger partial charge on any atom is -0.373 e. The maximum absolute atomic E-state index is 12.7. The van der Waals surface area contributed by atoms with Gasteiger partial charge in [0.15, 0.2) is 0 Å². The molecule has 3 nitrogen and oxygen atoms in total. The Kier molecular flexibility index (Phi) is 5.26. The van der Waals surface area contributed by atoms with Gasteiger partial charge in [0.05, 0.1) is 12.7 Å². The molecule has 1 unspecified atom stereocenters. The van der Waals surface area contributed by atoms with Gasteiger partial charge in [0.25, 0.3) is 0 Å². The molecule has 0 N–H and O–H groups in total. The Morgan fingerprint density at radius 1 is 1.09 bits per heavy atom. The van der Waals surface area contributed by atoms with E-state index in [1.54, 1.807) is 0 Å². The van der Waals surface area contributed by atoms with Gasteiger partial charge in [-0.05, 0) is 38.1 Å². The second kappa shape index (κ2) is 7.38. The quantitative estimate of drug-likeness (QED) is 0.850. The van der Waals surface area contributed by atoms with Crippen LogP contribution in [0.4, 0.5) is 14.5 Å². The number of nitrogens with zero attached hydrogens (tertiary/aromatic N) is 2. The standard InChI is InChI=1S/C17H24F2N2O/c18-17(19)14-6-8-20(9-7-14)12-16-13-21(10-11-22-16)15-4-2-1-3-5-15/h1-5,14,16-17H,6-13H2. The number of likely N-dealkylation sites (tertiary alicyclic amines) is 1. The molecule has 1 atom stereocenters. The van der Waals surface area contributed by atoms with Crippen LogP contribution in [-0.2, 0) is 4.74 Å². The normalized spacial score (nSPS) is 24.9. The van der Waals surface area contributed by atoms with Gasteiger partial charge in [0, 0.05) is 31.2 Å². The molecule has 1 aromatic carbocycles. The first-order chi connectivity index (χ1) is 10.7. The SMILES string of the molecule is FC(F)C1CCN(CC2CN(c3ccccc3)CCO2)CC1. The number of piperidine rings is 1. The lowest BCUT2D eigenvalue weighted by Crippen LogP contribution is -2.49. The molecule has 122 valence electrons. The summed E-state index contributed by atoms with van der Waals surface area (Å²) in [6.07, 6.45) is -0.793. The Morgan fingerprint density at radius 3 is 2.50 bits per heavy atom. The molecule has 0 spiro atoms. The first kappa shape index (κ1) is 15.7. The van der Waals surface area contributed by atoms with Gasteiger partial charge in [-0.2, -0.15) is 0 Å². The molecule has 3 rings (SSSR count). The number of ether oxygens (including phenoxy) is 1. The fourth-order valence-electron chi connectivity index (χ4n) is 3.38. The molecule has 2 aliphatic heterocycles. The number of hydrogen-bond donors (Lipinski definition) is 0. The van der Waals surface area contributed by atoms with Gasteiger partial charge < -0.3 is 14.5 Å². The maximum atomic E-state index is 12.7. The van der Waals surface area contributed by atoms with Crippen LogP contribution < -0.4 is 4.90 Å². The van der Waals surface area contributed by atoms with E-state index in [2.05, 4.69) is 34.1 Å². The minimum atomic E-state index is -2.17. The Labute approximate surface area is 130 Å². The van der Waals surface area contributed by atoms with E-state index >= 15 is 0 Å². The topological polar surface area (TPSA) is 15.7 Å². The fourth-order valence-corrected chi connectivity index (χ4v) is 3.38. The summed E-state index contributed by atoms with van der Waals surface area (Å²) in [5.74, 6) is -0.413. The number of halogens is 2. The maximum Gasteiger partial charge on any atom is 0.241 e. The summed E-state index contributed by atoms with van der Waals surface area (Å²) in [5.41, 5.74) is 1.23. The fraction of sp³-hybridized carbons (Fsp3) is 0.647. The predicted molar refractivity (Wildman–Crippen MR) is 83.6 cm³/mol. The highest BCUT2D eigenvalue weighted by molar-refractivity contribution is 5.46. The van der Waals surface area contributed by atoms with Gasteiger partial charge in [-0.15, -0.1) is 0 Å². The number of morpholine rings is 1. The molecule has 22 heavy (non-hydrogen) atoms. The molecular weight excluding hydrogens is 286 g/mol. The van der Waals surface area contributed by atoms with Crippen LogP contribution in [0.5, 0.6) is 0 Å². The minimum absolute atomic E-state index is 0.164. The lowest BCUT2D eigenvalue weighted by atomic mass is 9.97. The van der Waals surface area contributed by atoms with Crippen LogP contribution in [0.2, 0.25) is 0 Å². The van der Waals surface area contributed by atoms with E-state index in [0.29, 0.717) is 12.8 Å². The van der Waals surface area contributed by atoms with Crippen molar-refractivity contribution in [3.05, 3.63) is 30.3 Å². The summed E-state index contributed by atoms with van der Waals surface area (Å²) in [6, 6.07) is 10.4. The third-order valence-electron chi connectivity index (χ3n) is 4.71. The van der Waals surface area contributed by atoms with Gasteiger partial charge in [0.2, 0.25) is 6.43 Å². The van der Waals surface area contributed by atoms with Crippen molar-refractivity contribution in [2.75, 3.05) is 44.2 Å². The molecule has 0 aromatic heterocycles. The Balaban J connectivity index is 1.49. The van der Waals surface area contributed by atoms with Crippen LogP contribution in [0.15, 0.2) is 30.3 Å². The second-order valence-electron chi connectivity index (χ2n) is 6.25. The highest BCUT2D eigenvalue weighted by Crippen LogP contribution is 2.24. The summed E-state index contributed by atoms with van der Waals surface area (Å²) < 4.78 is 31.3. The molecule has 0 radical (unpaired) electrons. The third-order valence-corrected chi connectivity index (χ3v) is 4.71. The van der Waals surface area contributed by atoms with Crippen molar-refractivity contribution in [3.63, 3.8) is 0 Å². The zero-order chi connectivity index (χ0) is 15.4. The Bertz CT molecular complexity index is 449. The molecular formula is C17H24F2N2O. The van der Waals surface area contributed by atoms with Crippen molar-refractivity contribution in [1.82, 2.24) is 4.90 Å². The molecule has 2 saturated heterocycles. The van der Waals surface area contributed by atoms with E-state index in [9.17, 15) is 8.78 Å². The van der Waals surface area contributed by atoms with Crippen molar-refractivity contribution >= 4 is 5.69 Å². The summed E-state index contributed by atoms with van der Waals surface area (Å²) in [4.78, 5) is 4.62. The highest BCUT2D eigenvalue weighted by Gasteiger charge is 2.29. The van der Waals surface area contributed by atoms with Crippen molar-refractivity contribution in [2.45, 2.75) is 25.4 Å². The van der Waals surface area contributed by atoms with Gasteiger partial charge in [0.1, 0.15) is 0 Å². The van der Waals surface area contributed by atoms with E-state index in [0.717, 1.165) is 39.3 Å². The zero-order valence-corrected chi connectivity index (χ0v) is 12.8. The zero-order valence-electron chi connectivity index (χ0n) is 12.8. The molecule has 1 aromatic rings. The summed E-state index contributed by atoms with van der Waals surface area (Å²) in [6.45, 7) is 4.89. The smallest absolute Gasteiger partial charge is 0.241 e. The van der Waals surface area contributed by atoms with E-state index in [4.69, 9.17) is 4.74 Å². The molecule has 0 saturated carbocycles. The number of benzene rings is 1. The average molecular weight is 310 g/mol. The van der Waals surface area contributed by atoms with Crippen molar-refractivity contribution in [2.24, 2.45) is 5.92 Å². The molecule has 2 fully saturated rings. The predicted octanol–water partition coefficient (Wildman–Crippen LogP) is 2.87. The summed E-state index contributed by atoms with van der Waals surface area (Å²) in [5, 5.41) is 0. The average Bonchev–Trinajstić information content (AvgIpc) is 2.56. The number of alkyl halides is 2. The third kappa shape index (κ3) is 3.96. The second-order valence-corrected chi connectivity index (χ2v) is 6.25. The largest absolute Gasteiger partial charge is 0.373 e. The van der Waals surface area contributed by atoms with E-state index in [1.807, 2.05) is 6.07 Å². The summed E-state index contributed by atoms with van der Waals surface area (Å²) >= 11 is 0. The molecule has 2 heterocycles. The van der Waals surface area contributed by atoms with Crippen molar-refractivity contribution in [3.8, 4) is 0 Å². The number of anilines is 1. The monoisotopic (exact) mass is 310 g/mol. The number of para-hydroxylation sites is 1. The molecule has 5 heteroatoms. The van der Waals surface area contributed by atoms with E-state index in [-0.39, 0.29) is 6.10 Å². The molecule has 0 bridgehead atoms. The van der Waals surface area contributed by atoms with E-state index < -0.39 is 12.3 Å². The van der Waals surface area contributed by atoms with Crippen molar-refractivity contribution < 1.29 is 13.5 Å². The lowest BCUT2D eigenvalue weighted by Gasteiger charge is -2.39. The van der Waals surface area contributed by atoms with Crippen LogP contribution in [0.1, 0.15) is 12.8 Å². The van der Waals surface area contributed by atoms with Gasteiger partial charge in [-0.3, -0.25) is 0 Å². The van der Waals surface area contributed by atoms with Crippen LogP contribution in [-0.4, -0.2) is 56.8 Å². The Hall–Kier alpha value is -1.20. The molecule has 0 aliphatic carbocycles. The molecule has 2 aliphatic rings. The lowest BCUT2D eigenvalue weighted by molar-refractivity contribution is -0.00665. The van der Waals surface area contributed by atoms with Crippen LogP contribution >= 0.6 is 0 Å². The van der Waals surface area contributed by atoms with Crippen molar-refractivity contribution in [1.29, 1.82) is 0 Å². The van der Waals surface area contributed by atoms with Gasteiger partial charge in [-0.25, -0.2) is 8.78 Å². The number of rotatable bonds is 4. The van der Waals surface area contributed by atoms with Crippen LogP contribution in [0, 0.1) is 5.92 Å². The Morgan fingerprint density at radius 2 is 1.82 bits per heavy atom.